The molecule has 0 bridgehead atoms. The molecule has 1 saturated heterocycles. The van der Waals surface area contributed by atoms with Crippen molar-refractivity contribution in [3.05, 3.63) is 0 Å². The predicted molar refractivity (Wildman–Crippen MR) is 43.0 cm³/mol. The highest BCUT2D eigenvalue weighted by atomic mass is 16.5. The summed E-state index contributed by atoms with van der Waals surface area (Å²) in [5.74, 6) is 0.764. The van der Waals surface area contributed by atoms with E-state index in [1.165, 1.54) is 25.7 Å². The van der Waals surface area contributed by atoms with Crippen molar-refractivity contribution in [1.29, 1.82) is 0 Å². The molecule has 2 atom stereocenters. The fourth-order valence-corrected chi connectivity index (χ4v) is 1.48. The van der Waals surface area contributed by atoms with Gasteiger partial charge in [0.15, 0.2) is 0 Å². The molecule has 10 heavy (non-hydrogen) atoms. The highest BCUT2D eigenvalue weighted by molar-refractivity contribution is 4.68. The number of ether oxygens (including phenoxy) is 1. The van der Waals surface area contributed by atoms with Crippen LogP contribution in [0, 0.1) is 5.92 Å². The van der Waals surface area contributed by atoms with E-state index >= 15 is 0 Å². The topological polar surface area (TPSA) is 9.23 Å². The lowest BCUT2D eigenvalue weighted by atomic mass is 9.95. The Morgan fingerprint density at radius 2 is 2.30 bits per heavy atom. The highest BCUT2D eigenvalue weighted by Gasteiger charge is 2.18. The summed E-state index contributed by atoms with van der Waals surface area (Å²) in [6.07, 6.45) is 5.75. The van der Waals surface area contributed by atoms with Gasteiger partial charge in [-0.05, 0) is 25.2 Å². The average Bonchev–Trinajstić information content (AvgIpc) is 2.05. The molecule has 0 spiro atoms. The first kappa shape index (κ1) is 8.06. The normalized spacial score (nSPS) is 30.0. The van der Waals surface area contributed by atoms with Crippen molar-refractivity contribution in [1.82, 2.24) is 0 Å². The minimum Gasteiger partial charge on any atom is -0.378 e. The number of hydrogen-bond acceptors (Lipinski definition) is 1. The standard InChI is InChI=1S/C9H18O/c1-3-8(2)9-6-4-5-7-10-9/h8-9H,3-7H2,1-2H3/t8-,9?/m0/s1. The van der Waals surface area contributed by atoms with Crippen LogP contribution in [-0.2, 0) is 4.74 Å². The third kappa shape index (κ3) is 1.98. The predicted octanol–water partition coefficient (Wildman–Crippen LogP) is 2.60. The van der Waals surface area contributed by atoms with Crippen LogP contribution >= 0.6 is 0 Å². The molecule has 1 fully saturated rings. The van der Waals surface area contributed by atoms with Crippen molar-refractivity contribution in [2.75, 3.05) is 6.61 Å². The van der Waals surface area contributed by atoms with Gasteiger partial charge in [-0.25, -0.2) is 0 Å². The molecule has 0 radical (unpaired) electrons. The molecule has 1 heterocycles. The summed E-state index contributed by atoms with van der Waals surface area (Å²) in [5.41, 5.74) is 0. The van der Waals surface area contributed by atoms with E-state index in [2.05, 4.69) is 13.8 Å². The molecule has 1 unspecified atom stereocenters. The second-order valence-corrected chi connectivity index (χ2v) is 3.29. The van der Waals surface area contributed by atoms with E-state index in [9.17, 15) is 0 Å². The van der Waals surface area contributed by atoms with Crippen molar-refractivity contribution >= 4 is 0 Å². The molecule has 1 nitrogen and oxygen atoms in total. The van der Waals surface area contributed by atoms with Crippen LogP contribution < -0.4 is 0 Å². The molecule has 1 rings (SSSR count). The summed E-state index contributed by atoms with van der Waals surface area (Å²) in [4.78, 5) is 0. The SMILES string of the molecule is CC[C@H](C)C1CCCCO1. The third-order valence-corrected chi connectivity index (χ3v) is 2.49. The fraction of sp³-hybridized carbons (Fsp3) is 1.00. The summed E-state index contributed by atoms with van der Waals surface area (Å²) >= 11 is 0. The quantitative estimate of drug-likeness (QED) is 0.576. The zero-order valence-corrected chi connectivity index (χ0v) is 7.10. The average molecular weight is 142 g/mol. The smallest absolute Gasteiger partial charge is 0.0600 e. The lowest BCUT2D eigenvalue weighted by Crippen LogP contribution is -2.25. The zero-order chi connectivity index (χ0) is 7.40. The first-order chi connectivity index (χ1) is 4.84. The summed E-state index contributed by atoms with van der Waals surface area (Å²) in [6.45, 7) is 5.52. The van der Waals surface area contributed by atoms with E-state index < -0.39 is 0 Å². The number of rotatable bonds is 2. The van der Waals surface area contributed by atoms with Crippen LogP contribution in [0.15, 0.2) is 0 Å². The van der Waals surface area contributed by atoms with E-state index in [4.69, 9.17) is 4.74 Å². The van der Waals surface area contributed by atoms with Gasteiger partial charge >= 0.3 is 0 Å². The van der Waals surface area contributed by atoms with Crippen LogP contribution in [0.2, 0.25) is 0 Å². The Kier molecular flexibility index (Phi) is 3.20. The molecule has 0 amide bonds. The van der Waals surface area contributed by atoms with Crippen molar-refractivity contribution in [2.24, 2.45) is 5.92 Å². The van der Waals surface area contributed by atoms with E-state index in [0.29, 0.717) is 6.10 Å². The van der Waals surface area contributed by atoms with Gasteiger partial charge in [0.2, 0.25) is 0 Å². The van der Waals surface area contributed by atoms with E-state index in [0.717, 1.165) is 12.5 Å². The molecule has 0 N–H and O–H groups in total. The largest absolute Gasteiger partial charge is 0.378 e. The van der Waals surface area contributed by atoms with Gasteiger partial charge in [-0.1, -0.05) is 20.3 Å². The fourth-order valence-electron chi connectivity index (χ4n) is 1.48. The lowest BCUT2D eigenvalue weighted by molar-refractivity contribution is -0.0170. The molecular formula is C9H18O. The zero-order valence-electron chi connectivity index (χ0n) is 7.10. The Bertz CT molecular complexity index is 84.7. The Labute approximate surface area is 63.8 Å². The van der Waals surface area contributed by atoms with Crippen molar-refractivity contribution < 1.29 is 4.74 Å². The Morgan fingerprint density at radius 3 is 2.80 bits per heavy atom. The van der Waals surface area contributed by atoms with E-state index in [1.807, 2.05) is 0 Å². The molecule has 1 aliphatic heterocycles. The maximum atomic E-state index is 5.63. The van der Waals surface area contributed by atoms with Crippen molar-refractivity contribution in [3.8, 4) is 0 Å². The van der Waals surface area contributed by atoms with E-state index in [-0.39, 0.29) is 0 Å². The Balaban J connectivity index is 2.24. The first-order valence-corrected chi connectivity index (χ1v) is 4.46. The van der Waals surface area contributed by atoms with Crippen molar-refractivity contribution in [2.45, 2.75) is 45.6 Å². The monoisotopic (exact) mass is 142 g/mol. The van der Waals surface area contributed by atoms with E-state index in [1.54, 1.807) is 0 Å². The molecule has 0 saturated carbocycles. The molecule has 0 aromatic rings. The van der Waals surface area contributed by atoms with Gasteiger partial charge in [0.25, 0.3) is 0 Å². The van der Waals surface area contributed by atoms with Gasteiger partial charge in [-0.2, -0.15) is 0 Å². The number of hydrogen-bond donors (Lipinski definition) is 0. The molecule has 1 heteroatoms. The van der Waals surface area contributed by atoms with Crippen LogP contribution in [0.4, 0.5) is 0 Å². The van der Waals surface area contributed by atoms with Crippen LogP contribution in [0.5, 0.6) is 0 Å². The summed E-state index contributed by atoms with van der Waals surface area (Å²) in [7, 11) is 0. The second kappa shape index (κ2) is 3.97. The minimum absolute atomic E-state index is 0.568. The third-order valence-electron chi connectivity index (χ3n) is 2.49. The first-order valence-electron chi connectivity index (χ1n) is 4.46. The summed E-state index contributed by atoms with van der Waals surface area (Å²) in [6, 6.07) is 0. The minimum atomic E-state index is 0.568. The van der Waals surface area contributed by atoms with Gasteiger partial charge in [0.1, 0.15) is 0 Å². The maximum absolute atomic E-state index is 5.63. The van der Waals surface area contributed by atoms with Gasteiger partial charge in [0.05, 0.1) is 6.10 Å². The maximum Gasteiger partial charge on any atom is 0.0600 e. The van der Waals surface area contributed by atoms with Gasteiger partial charge in [0, 0.05) is 6.61 Å². The van der Waals surface area contributed by atoms with Gasteiger partial charge in [-0.15, -0.1) is 0 Å². The van der Waals surface area contributed by atoms with Crippen LogP contribution in [0.1, 0.15) is 39.5 Å². The van der Waals surface area contributed by atoms with Crippen molar-refractivity contribution in [3.63, 3.8) is 0 Å². The van der Waals surface area contributed by atoms with Crippen LogP contribution in [0.3, 0.4) is 0 Å². The highest BCUT2D eigenvalue weighted by Crippen LogP contribution is 2.21. The Morgan fingerprint density at radius 1 is 1.50 bits per heavy atom. The lowest BCUT2D eigenvalue weighted by Gasteiger charge is -2.27. The van der Waals surface area contributed by atoms with Gasteiger partial charge < -0.3 is 4.74 Å². The summed E-state index contributed by atoms with van der Waals surface area (Å²) < 4.78 is 5.63. The molecule has 60 valence electrons. The van der Waals surface area contributed by atoms with Crippen LogP contribution in [0.25, 0.3) is 0 Å². The molecule has 1 aliphatic rings. The molecular weight excluding hydrogens is 124 g/mol. The Hall–Kier alpha value is -0.0400. The summed E-state index contributed by atoms with van der Waals surface area (Å²) in [5, 5.41) is 0. The second-order valence-electron chi connectivity index (χ2n) is 3.29. The van der Waals surface area contributed by atoms with Crippen LogP contribution in [-0.4, -0.2) is 12.7 Å². The molecule has 0 aromatic carbocycles. The molecule has 0 aromatic heterocycles. The molecule has 0 aliphatic carbocycles. The van der Waals surface area contributed by atoms with Gasteiger partial charge in [-0.3, -0.25) is 0 Å².